The Morgan fingerprint density at radius 1 is 1.50 bits per heavy atom. The van der Waals surface area contributed by atoms with Crippen LogP contribution < -0.4 is 4.72 Å². The highest BCUT2D eigenvalue weighted by Gasteiger charge is 2.21. The van der Waals surface area contributed by atoms with Gasteiger partial charge in [-0.3, -0.25) is 4.68 Å². The maximum absolute atomic E-state index is 12.0. The molecule has 0 aliphatic carbocycles. The van der Waals surface area contributed by atoms with E-state index >= 15 is 0 Å². The van der Waals surface area contributed by atoms with Gasteiger partial charge >= 0.3 is 0 Å². The topological polar surface area (TPSA) is 84.2 Å². The number of nitrogens with zero attached hydrogens (tertiary/aromatic N) is 2. The third-order valence-electron chi connectivity index (χ3n) is 2.54. The van der Waals surface area contributed by atoms with Gasteiger partial charge < -0.3 is 5.11 Å². The lowest BCUT2D eigenvalue weighted by Gasteiger charge is -2.17. The Morgan fingerprint density at radius 3 is 2.61 bits per heavy atom. The third-order valence-corrected chi connectivity index (χ3v) is 4.02. The third kappa shape index (κ3) is 4.08. The van der Waals surface area contributed by atoms with E-state index in [1.807, 2.05) is 20.8 Å². The standard InChI is InChI=1S/C11H21N3O3S/c1-4-14-7-11(6-12-14)18(16,17)13-10(8-15)5-9(2)3/h6-7,9-10,13,15H,4-5,8H2,1-3H3/t10-/m1/s1. The first-order chi connectivity index (χ1) is 8.39. The van der Waals surface area contributed by atoms with Crippen LogP contribution in [0.3, 0.4) is 0 Å². The fourth-order valence-electron chi connectivity index (χ4n) is 1.67. The van der Waals surface area contributed by atoms with E-state index in [1.54, 1.807) is 4.68 Å². The van der Waals surface area contributed by atoms with Crippen LogP contribution in [0.5, 0.6) is 0 Å². The molecule has 0 radical (unpaired) electrons. The first-order valence-corrected chi connectivity index (χ1v) is 7.53. The second kappa shape index (κ2) is 6.31. The number of aliphatic hydroxyl groups excluding tert-OH is 1. The van der Waals surface area contributed by atoms with Crippen molar-refractivity contribution in [1.29, 1.82) is 0 Å². The largest absolute Gasteiger partial charge is 0.395 e. The van der Waals surface area contributed by atoms with Gasteiger partial charge in [0.15, 0.2) is 0 Å². The van der Waals surface area contributed by atoms with Crippen LogP contribution in [0.15, 0.2) is 17.3 Å². The van der Waals surface area contributed by atoms with Crippen molar-refractivity contribution in [3.05, 3.63) is 12.4 Å². The zero-order valence-electron chi connectivity index (χ0n) is 11.0. The smallest absolute Gasteiger partial charge is 0.244 e. The molecule has 0 aliphatic heterocycles. The Labute approximate surface area is 108 Å². The van der Waals surface area contributed by atoms with Gasteiger partial charge in [-0.15, -0.1) is 0 Å². The lowest BCUT2D eigenvalue weighted by atomic mass is 10.1. The van der Waals surface area contributed by atoms with E-state index in [0.717, 1.165) is 0 Å². The van der Waals surface area contributed by atoms with E-state index in [-0.39, 0.29) is 11.5 Å². The van der Waals surface area contributed by atoms with Gasteiger partial charge in [-0.05, 0) is 19.3 Å². The molecule has 18 heavy (non-hydrogen) atoms. The molecule has 0 aliphatic rings. The molecule has 0 unspecified atom stereocenters. The van der Waals surface area contributed by atoms with Crippen molar-refractivity contribution in [2.45, 2.75) is 44.7 Å². The van der Waals surface area contributed by atoms with Gasteiger partial charge in [0.05, 0.1) is 12.8 Å². The Kier molecular flexibility index (Phi) is 5.30. The normalized spacial score (nSPS) is 14.1. The monoisotopic (exact) mass is 275 g/mol. The molecule has 0 fully saturated rings. The van der Waals surface area contributed by atoms with Crippen LogP contribution in [0.4, 0.5) is 0 Å². The minimum Gasteiger partial charge on any atom is -0.395 e. The minimum atomic E-state index is -3.60. The summed E-state index contributed by atoms with van der Waals surface area (Å²) >= 11 is 0. The molecule has 2 N–H and O–H groups in total. The molecule has 0 bridgehead atoms. The van der Waals surface area contributed by atoms with Crippen LogP contribution in [0.2, 0.25) is 0 Å². The molecule has 104 valence electrons. The minimum absolute atomic E-state index is 0.131. The van der Waals surface area contributed by atoms with E-state index < -0.39 is 16.1 Å². The molecule has 0 spiro atoms. The van der Waals surface area contributed by atoms with Gasteiger partial charge in [0.25, 0.3) is 0 Å². The number of rotatable bonds is 7. The Balaban J connectivity index is 2.80. The number of hydrogen-bond donors (Lipinski definition) is 2. The summed E-state index contributed by atoms with van der Waals surface area (Å²) in [6.45, 7) is 6.24. The highest BCUT2D eigenvalue weighted by Crippen LogP contribution is 2.11. The average Bonchev–Trinajstić information content (AvgIpc) is 2.76. The van der Waals surface area contributed by atoms with Crippen molar-refractivity contribution in [3.63, 3.8) is 0 Å². The van der Waals surface area contributed by atoms with Crippen molar-refractivity contribution < 1.29 is 13.5 Å². The van der Waals surface area contributed by atoms with Gasteiger partial charge in [0.2, 0.25) is 10.0 Å². The number of aryl methyl sites for hydroxylation is 1. The molecular formula is C11H21N3O3S. The first kappa shape index (κ1) is 15.1. The molecule has 0 saturated carbocycles. The maximum atomic E-state index is 12.0. The Morgan fingerprint density at radius 2 is 2.17 bits per heavy atom. The molecule has 1 atom stereocenters. The number of hydrogen-bond acceptors (Lipinski definition) is 4. The van der Waals surface area contributed by atoms with E-state index in [9.17, 15) is 13.5 Å². The van der Waals surface area contributed by atoms with E-state index in [1.165, 1.54) is 12.4 Å². The SMILES string of the molecule is CCn1cc(S(=O)(=O)N[C@@H](CO)CC(C)C)cn1. The first-order valence-electron chi connectivity index (χ1n) is 6.04. The molecule has 0 saturated heterocycles. The molecule has 7 heteroatoms. The summed E-state index contributed by atoms with van der Waals surface area (Å²) in [5.41, 5.74) is 0. The summed E-state index contributed by atoms with van der Waals surface area (Å²) in [7, 11) is -3.60. The molecule has 1 aromatic rings. The molecule has 6 nitrogen and oxygen atoms in total. The van der Waals surface area contributed by atoms with Gasteiger partial charge in [0, 0.05) is 18.8 Å². The summed E-state index contributed by atoms with van der Waals surface area (Å²) in [6, 6.07) is -0.458. The van der Waals surface area contributed by atoms with Crippen LogP contribution in [-0.2, 0) is 16.6 Å². The molecule has 1 aromatic heterocycles. The zero-order chi connectivity index (χ0) is 13.8. The summed E-state index contributed by atoms with van der Waals surface area (Å²) in [4.78, 5) is 0.131. The van der Waals surface area contributed by atoms with Gasteiger partial charge in [-0.2, -0.15) is 5.10 Å². The molecule has 1 heterocycles. The second-order valence-corrected chi connectivity index (χ2v) is 6.38. The highest BCUT2D eigenvalue weighted by molar-refractivity contribution is 7.89. The zero-order valence-corrected chi connectivity index (χ0v) is 11.8. The molecule has 1 rings (SSSR count). The van der Waals surface area contributed by atoms with Crippen LogP contribution in [0.25, 0.3) is 0 Å². The summed E-state index contributed by atoms with van der Waals surface area (Å²) in [5.74, 6) is 0.309. The highest BCUT2D eigenvalue weighted by atomic mass is 32.2. The van der Waals surface area contributed by atoms with Crippen LogP contribution >= 0.6 is 0 Å². The number of sulfonamides is 1. The number of nitrogens with one attached hydrogen (secondary N) is 1. The van der Waals surface area contributed by atoms with E-state index in [2.05, 4.69) is 9.82 Å². The molecule has 0 aromatic carbocycles. The number of aliphatic hydroxyl groups is 1. The van der Waals surface area contributed by atoms with Crippen molar-refractivity contribution >= 4 is 10.0 Å². The van der Waals surface area contributed by atoms with Crippen LogP contribution in [0.1, 0.15) is 27.2 Å². The predicted molar refractivity (Wildman–Crippen MR) is 68.6 cm³/mol. The number of aromatic nitrogens is 2. The van der Waals surface area contributed by atoms with E-state index in [4.69, 9.17) is 0 Å². The van der Waals surface area contributed by atoms with Crippen molar-refractivity contribution in [1.82, 2.24) is 14.5 Å². The fourth-order valence-corrected chi connectivity index (χ4v) is 2.86. The van der Waals surface area contributed by atoms with Crippen LogP contribution in [-0.4, -0.2) is 36.0 Å². The average molecular weight is 275 g/mol. The van der Waals surface area contributed by atoms with Crippen LogP contribution in [0, 0.1) is 5.92 Å². The van der Waals surface area contributed by atoms with E-state index in [0.29, 0.717) is 18.9 Å². The van der Waals surface area contributed by atoms with Crippen molar-refractivity contribution in [2.75, 3.05) is 6.61 Å². The lowest BCUT2D eigenvalue weighted by molar-refractivity contribution is 0.240. The second-order valence-electron chi connectivity index (χ2n) is 4.66. The van der Waals surface area contributed by atoms with Gasteiger partial charge in [-0.25, -0.2) is 13.1 Å². The Bertz CT molecular complexity index is 468. The molecule has 0 amide bonds. The predicted octanol–water partition coefficient (Wildman–Crippen LogP) is 0.588. The molecular weight excluding hydrogens is 254 g/mol. The summed E-state index contributed by atoms with van der Waals surface area (Å²) in [6.07, 6.45) is 3.39. The fraction of sp³-hybridized carbons (Fsp3) is 0.727. The van der Waals surface area contributed by atoms with Gasteiger partial charge in [-0.1, -0.05) is 13.8 Å². The lowest BCUT2D eigenvalue weighted by Crippen LogP contribution is -2.38. The van der Waals surface area contributed by atoms with Gasteiger partial charge in [0.1, 0.15) is 4.90 Å². The maximum Gasteiger partial charge on any atom is 0.244 e. The van der Waals surface area contributed by atoms with Crippen molar-refractivity contribution in [3.8, 4) is 0 Å². The quantitative estimate of drug-likeness (QED) is 0.762. The summed E-state index contributed by atoms with van der Waals surface area (Å²) in [5, 5.41) is 13.1. The summed E-state index contributed by atoms with van der Waals surface area (Å²) < 4.78 is 28.1. The Hall–Kier alpha value is -0.920. The van der Waals surface area contributed by atoms with Crippen molar-refractivity contribution in [2.24, 2.45) is 5.92 Å².